The van der Waals surface area contributed by atoms with Crippen molar-refractivity contribution in [3.63, 3.8) is 0 Å². The molecule has 0 amide bonds. The van der Waals surface area contributed by atoms with E-state index in [-0.39, 0.29) is 11.5 Å². The van der Waals surface area contributed by atoms with E-state index in [1.54, 1.807) is 0 Å². The molecule has 4 heteroatoms. The van der Waals surface area contributed by atoms with Crippen molar-refractivity contribution in [2.24, 2.45) is 28.6 Å². The van der Waals surface area contributed by atoms with Gasteiger partial charge in [0.15, 0.2) is 5.78 Å². The average Bonchev–Trinajstić information content (AvgIpc) is 2.87. The Kier molecular flexibility index (Phi) is 3.99. The van der Waals surface area contributed by atoms with Crippen molar-refractivity contribution < 1.29 is 20.1 Å². The van der Waals surface area contributed by atoms with Crippen LogP contribution in [0.25, 0.3) is 0 Å². The Balaban J connectivity index is 1.68. The third kappa shape index (κ3) is 2.20. The third-order valence-electron chi connectivity index (χ3n) is 8.83. The van der Waals surface area contributed by atoms with E-state index in [0.717, 1.165) is 44.9 Å². The molecule has 0 spiro atoms. The molecule has 3 N–H and O–H groups in total. The second-order valence-corrected chi connectivity index (χ2v) is 9.59. The molecular formula is C21H32O4. The van der Waals surface area contributed by atoms with Crippen LogP contribution in [0.3, 0.4) is 0 Å². The fourth-order valence-corrected chi connectivity index (χ4v) is 7.25. The standard InChI is InChI=1S/C21H32O4/c1-19-8-5-14(23)11-13(19)3-4-15-16(19)6-9-20(2)17(15)7-10-21(20,25)18(24)12-22/h3,14-17,22-23,25H,4-12H2,1-2H3/t14-,15+,16-,17-,19-,20+,21-/m0/s1. The van der Waals surface area contributed by atoms with Gasteiger partial charge in [0.05, 0.1) is 6.10 Å². The molecule has 7 atom stereocenters. The molecule has 0 unspecified atom stereocenters. The Morgan fingerprint density at radius 3 is 2.60 bits per heavy atom. The zero-order chi connectivity index (χ0) is 18.0. The summed E-state index contributed by atoms with van der Waals surface area (Å²) < 4.78 is 0. The summed E-state index contributed by atoms with van der Waals surface area (Å²) in [5.74, 6) is 1.04. The summed E-state index contributed by atoms with van der Waals surface area (Å²) in [7, 11) is 0. The van der Waals surface area contributed by atoms with Crippen LogP contribution in [0.1, 0.15) is 65.2 Å². The minimum Gasteiger partial charge on any atom is -0.393 e. The van der Waals surface area contributed by atoms with E-state index in [1.165, 1.54) is 5.57 Å². The highest BCUT2D eigenvalue weighted by atomic mass is 16.3. The molecule has 3 fully saturated rings. The first-order chi connectivity index (χ1) is 11.8. The quantitative estimate of drug-likeness (QED) is 0.670. The molecule has 4 aliphatic rings. The number of hydrogen-bond acceptors (Lipinski definition) is 4. The van der Waals surface area contributed by atoms with Crippen LogP contribution in [0.15, 0.2) is 11.6 Å². The number of hydrogen-bond donors (Lipinski definition) is 3. The maximum atomic E-state index is 12.3. The molecule has 25 heavy (non-hydrogen) atoms. The van der Waals surface area contributed by atoms with Gasteiger partial charge in [-0.1, -0.05) is 25.5 Å². The maximum Gasteiger partial charge on any atom is 0.190 e. The van der Waals surface area contributed by atoms with Gasteiger partial charge < -0.3 is 15.3 Å². The largest absolute Gasteiger partial charge is 0.393 e. The van der Waals surface area contributed by atoms with Gasteiger partial charge in [0.1, 0.15) is 12.2 Å². The molecule has 0 aromatic carbocycles. The van der Waals surface area contributed by atoms with Crippen LogP contribution in [-0.2, 0) is 4.79 Å². The molecule has 4 rings (SSSR count). The molecule has 140 valence electrons. The van der Waals surface area contributed by atoms with Gasteiger partial charge in [-0.05, 0) is 74.5 Å². The number of carbonyl (C=O) groups excluding carboxylic acids is 1. The van der Waals surface area contributed by atoms with Crippen molar-refractivity contribution in [1.29, 1.82) is 0 Å². The fraction of sp³-hybridized carbons (Fsp3) is 0.857. The number of aliphatic hydroxyl groups excluding tert-OH is 2. The Morgan fingerprint density at radius 2 is 1.88 bits per heavy atom. The molecule has 4 aliphatic carbocycles. The van der Waals surface area contributed by atoms with E-state index in [2.05, 4.69) is 19.9 Å². The molecule has 0 heterocycles. The summed E-state index contributed by atoms with van der Waals surface area (Å²) >= 11 is 0. The van der Waals surface area contributed by atoms with Crippen LogP contribution in [0.5, 0.6) is 0 Å². The molecule has 4 nitrogen and oxygen atoms in total. The number of Topliss-reactive ketones (excluding diaryl/α,β-unsaturated/α-hetero) is 1. The molecular weight excluding hydrogens is 316 g/mol. The molecule has 0 saturated heterocycles. The van der Waals surface area contributed by atoms with E-state index in [9.17, 15) is 20.1 Å². The van der Waals surface area contributed by atoms with E-state index < -0.39 is 23.4 Å². The van der Waals surface area contributed by atoms with Crippen molar-refractivity contribution in [2.75, 3.05) is 6.61 Å². The fourth-order valence-electron chi connectivity index (χ4n) is 7.25. The second kappa shape index (κ2) is 5.64. The van der Waals surface area contributed by atoms with Crippen LogP contribution in [0, 0.1) is 28.6 Å². The zero-order valence-corrected chi connectivity index (χ0v) is 15.5. The molecule has 0 radical (unpaired) electrons. The summed E-state index contributed by atoms with van der Waals surface area (Å²) in [4.78, 5) is 12.3. The highest BCUT2D eigenvalue weighted by Crippen LogP contribution is 2.67. The maximum absolute atomic E-state index is 12.3. The lowest BCUT2D eigenvalue weighted by Crippen LogP contribution is -2.58. The van der Waals surface area contributed by atoms with Crippen LogP contribution in [0.2, 0.25) is 0 Å². The summed E-state index contributed by atoms with van der Waals surface area (Å²) in [5, 5.41) is 30.6. The lowest BCUT2D eigenvalue weighted by atomic mass is 9.46. The Morgan fingerprint density at radius 1 is 1.16 bits per heavy atom. The van der Waals surface area contributed by atoms with Crippen molar-refractivity contribution in [1.82, 2.24) is 0 Å². The molecule has 0 aromatic heterocycles. The van der Waals surface area contributed by atoms with Gasteiger partial charge in [0.25, 0.3) is 0 Å². The lowest BCUT2D eigenvalue weighted by Gasteiger charge is -2.58. The Hall–Kier alpha value is -0.710. The third-order valence-corrected chi connectivity index (χ3v) is 8.83. The van der Waals surface area contributed by atoms with Gasteiger partial charge in [0.2, 0.25) is 0 Å². The van der Waals surface area contributed by atoms with E-state index >= 15 is 0 Å². The first-order valence-corrected chi connectivity index (χ1v) is 10.0. The average molecular weight is 348 g/mol. The van der Waals surface area contributed by atoms with Crippen LogP contribution < -0.4 is 0 Å². The van der Waals surface area contributed by atoms with Crippen molar-refractivity contribution in [3.05, 3.63) is 11.6 Å². The predicted octanol–water partition coefficient (Wildman–Crippen LogP) is 2.60. The molecule has 0 aliphatic heterocycles. The summed E-state index contributed by atoms with van der Waals surface area (Å²) in [6.07, 6.45) is 9.17. The van der Waals surface area contributed by atoms with Crippen molar-refractivity contribution in [3.8, 4) is 0 Å². The van der Waals surface area contributed by atoms with Crippen LogP contribution >= 0.6 is 0 Å². The van der Waals surface area contributed by atoms with Gasteiger partial charge in [-0.3, -0.25) is 4.79 Å². The number of ketones is 1. The van der Waals surface area contributed by atoms with Gasteiger partial charge in [0, 0.05) is 5.41 Å². The van der Waals surface area contributed by atoms with Gasteiger partial charge in [-0.2, -0.15) is 0 Å². The van der Waals surface area contributed by atoms with Gasteiger partial charge >= 0.3 is 0 Å². The molecule has 0 aromatic rings. The summed E-state index contributed by atoms with van der Waals surface area (Å²) in [5.41, 5.74) is -0.157. The van der Waals surface area contributed by atoms with Gasteiger partial charge in [-0.15, -0.1) is 0 Å². The Labute approximate surface area is 150 Å². The molecule has 0 bridgehead atoms. The van der Waals surface area contributed by atoms with Gasteiger partial charge in [-0.25, -0.2) is 0 Å². The Bertz CT molecular complexity index is 613. The number of aliphatic hydroxyl groups is 3. The van der Waals surface area contributed by atoms with Crippen LogP contribution in [-0.4, -0.2) is 39.4 Å². The summed E-state index contributed by atoms with van der Waals surface area (Å²) in [6.45, 7) is 3.90. The highest BCUT2D eigenvalue weighted by molar-refractivity contribution is 5.89. The first kappa shape index (κ1) is 17.7. The predicted molar refractivity (Wildman–Crippen MR) is 94.8 cm³/mol. The number of fused-ring (bicyclic) bond motifs is 5. The molecule has 3 saturated carbocycles. The zero-order valence-electron chi connectivity index (χ0n) is 15.5. The SMILES string of the molecule is C[C@]12CC[C@H](O)CC1=CC[C@@H]1[C@@H]2CC[C@]2(C)[C@H]1CC[C@]2(O)C(=O)CO. The topological polar surface area (TPSA) is 77.8 Å². The van der Waals surface area contributed by atoms with E-state index in [0.29, 0.717) is 24.2 Å². The minimum atomic E-state index is -1.36. The van der Waals surface area contributed by atoms with Crippen molar-refractivity contribution in [2.45, 2.75) is 76.9 Å². The normalized spacial score (nSPS) is 52.0. The lowest BCUT2D eigenvalue weighted by molar-refractivity contribution is -0.163. The van der Waals surface area contributed by atoms with E-state index in [4.69, 9.17) is 0 Å². The highest BCUT2D eigenvalue weighted by Gasteiger charge is 2.65. The number of allylic oxidation sites excluding steroid dienone is 1. The van der Waals surface area contributed by atoms with E-state index in [1.807, 2.05) is 0 Å². The monoisotopic (exact) mass is 348 g/mol. The summed E-state index contributed by atoms with van der Waals surface area (Å²) in [6, 6.07) is 0. The van der Waals surface area contributed by atoms with Crippen LogP contribution in [0.4, 0.5) is 0 Å². The second-order valence-electron chi connectivity index (χ2n) is 9.59. The smallest absolute Gasteiger partial charge is 0.190 e. The van der Waals surface area contributed by atoms with Crippen molar-refractivity contribution >= 4 is 5.78 Å². The first-order valence-electron chi connectivity index (χ1n) is 10.0. The number of carbonyl (C=O) groups is 1. The minimum absolute atomic E-state index is 0.172. The number of rotatable bonds is 2.